The number of nitrogens with one attached hydrogen (secondary N) is 1. The van der Waals surface area contributed by atoms with Crippen LogP contribution in [-0.2, 0) is 6.54 Å². The molecule has 98 valence electrons. The van der Waals surface area contributed by atoms with E-state index in [0.717, 1.165) is 11.6 Å². The van der Waals surface area contributed by atoms with E-state index in [4.69, 9.17) is 5.84 Å². The van der Waals surface area contributed by atoms with Gasteiger partial charge in [0.25, 0.3) is 5.91 Å². The van der Waals surface area contributed by atoms with Gasteiger partial charge in [-0.1, -0.05) is 30.3 Å². The molecule has 1 amide bonds. The first kappa shape index (κ1) is 12.7. The second kappa shape index (κ2) is 5.27. The van der Waals surface area contributed by atoms with Crippen LogP contribution in [-0.4, -0.2) is 20.6 Å². The largest absolute Gasteiger partial charge is 0.390 e. The van der Waals surface area contributed by atoms with Crippen LogP contribution in [0.25, 0.3) is 0 Å². The molecule has 0 fully saturated rings. The van der Waals surface area contributed by atoms with Crippen molar-refractivity contribution in [3.8, 4) is 0 Å². The van der Waals surface area contributed by atoms with Crippen molar-refractivity contribution in [3.05, 3.63) is 57.8 Å². The average molecular weight is 261 g/mol. The number of nitrogens with two attached hydrogens (primary N) is 1. The fourth-order valence-corrected chi connectivity index (χ4v) is 1.63. The number of nitrogen functional groups attached to an aromatic ring is 1. The Bertz CT molecular complexity index is 608. The van der Waals surface area contributed by atoms with E-state index in [9.17, 15) is 14.9 Å². The lowest BCUT2D eigenvalue weighted by Gasteiger charge is -2.02. The predicted molar refractivity (Wildman–Crippen MR) is 66.1 cm³/mol. The lowest BCUT2D eigenvalue weighted by atomic mass is 10.2. The second-order valence-corrected chi connectivity index (χ2v) is 3.76. The standard InChI is InChI=1S/C11H11N5O3/c12-13-11(17)9-6-10(16(18)19)14-15(9)7-8-4-2-1-3-5-8/h1-6H,7,12H2,(H,13,17). The Balaban J connectivity index is 2.37. The third-order valence-corrected chi connectivity index (χ3v) is 2.49. The molecule has 3 N–H and O–H groups in total. The van der Waals surface area contributed by atoms with Crippen molar-refractivity contribution >= 4 is 11.7 Å². The summed E-state index contributed by atoms with van der Waals surface area (Å²) in [5.74, 6) is 4.02. The Morgan fingerprint density at radius 3 is 2.68 bits per heavy atom. The molecule has 0 unspecified atom stereocenters. The lowest BCUT2D eigenvalue weighted by Crippen LogP contribution is -2.32. The van der Waals surface area contributed by atoms with Crippen molar-refractivity contribution < 1.29 is 9.72 Å². The van der Waals surface area contributed by atoms with Gasteiger partial charge in [-0.05, 0) is 10.5 Å². The first-order valence-electron chi connectivity index (χ1n) is 5.39. The fourth-order valence-electron chi connectivity index (χ4n) is 1.63. The SMILES string of the molecule is NNC(=O)c1cc([N+](=O)[O-])nn1Cc1ccccc1. The van der Waals surface area contributed by atoms with Gasteiger partial charge < -0.3 is 10.1 Å². The average Bonchev–Trinajstić information content (AvgIpc) is 2.83. The van der Waals surface area contributed by atoms with E-state index in [-0.39, 0.29) is 12.2 Å². The molecule has 0 bridgehead atoms. The summed E-state index contributed by atoms with van der Waals surface area (Å²) in [6, 6.07) is 10.3. The van der Waals surface area contributed by atoms with Crippen LogP contribution < -0.4 is 11.3 Å². The summed E-state index contributed by atoms with van der Waals surface area (Å²) in [4.78, 5) is 21.6. The predicted octanol–water partition coefficient (Wildman–Crippen LogP) is 0.443. The number of amides is 1. The van der Waals surface area contributed by atoms with Crippen LogP contribution in [0.3, 0.4) is 0 Å². The number of benzene rings is 1. The highest BCUT2D eigenvalue weighted by Gasteiger charge is 2.22. The number of hydrazine groups is 1. The summed E-state index contributed by atoms with van der Waals surface area (Å²) in [5, 5.41) is 14.5. The zero-order valence-corrected chi connectivity index (χ0v) is 9.81. The van der Waals surface area contributed by atoms with Gasteiger partial charge in [0.2, 0.25) is 0 Å². The van der Waals surface area contributed by atoms with Crippen LogP contribution in [0.1, 0.15) is 16.1 Å². The maximum absolute atomic E-state index is 11.5. The van der Waals surface area contributed by atoms with Crippen molar-refractivity contribution in [2.75, 3.05) is 0 Å². The van der Waals surface area contributed by atoms with E-state index in [0.29, 0.717) is 0 Å². The van der Waals surface area contributed by atoms with Crippen molar-refractivity contribution in [2.24, 2.45) is 5.84 Å². The molecule has 0 spiro atoms. The maximum Gasteiger partial charge on any atom is 0.390 e. The highest BCUT2D eigenvalue weighted by atomic mass is 16.6. The van der Waals surface area contributed by atoms with Gasteiger partial charge in [0, 0.05) is 0 Å². The molecule has 2 rings (SSSR count). The highest BCUT2D eigenvalue weighted by molar-refractivity contribution is 5.92. The van der Waals surface area contributed by atoms with Crippen LogP contribution in [0.2, 0.25) is 0 Å². The third-order valence-electron chi connectivity index (χ3n) is 2.49. The quantitative estimate of drug-likeness (QED) is 0.358. The van der Waals surface area contributed by atoms with Gasteiger partial charge in [0.15, 0.2) is 5.69 Å². The van der Waals surface area contributed by atoms with E-state index in [1.54, 1.807) is 0 Å². The maximum atomic E-state index is 11.5. The van der Waals surface area contributed by atoms with E-state index in [1.807, 2.05) is 35.8 Å². The zero-order chi connectivity index (χ0) is 13.8. The smallest absolute Gasteiger partial charge is 0.358 e. The molecular formula is C11H11N5O3. The molecule has 0 atom stereocenters. The van der Waals surface area contributed by atoms with Gasteiger partial charge in [0.05, 0.1) is 17.7 Å². The molecular weight excluding hydrogens is 250 g/mol. The number of hydrogen-bond donors (Lipinski definition) is 2. The monoisotopic (exact) mass is 261 g/mol. The van der Waals surface area contributed by atoms with E-state index >= 15 is 0 Å². The van der Waals surface area contributed by atoms with Crippen LogP contribution in [0, 0.1) is 10.1 Å². The summed E-state index contributed by atoms with van der Waals surface area (Å²) < 4.78 is 1.25. The molecule has 0 saturated heterocycles. The Morgan fingerprint density at radius 1 is 1.42 bits per heavy atom. The first-order chi connectivity index (χ1) is 9.11. The highest BCUT2D eigenvalue weighted by Crippen LogP contribution is 2.13. The second-order valence-electron chi connectivity index (χ2n) is 3.76. The summed E-state index contributed by atoms with van der Waals surface area (Å²) in [5.41, 5.74) is 2.84. The van der Waals surface area contributed by atoms with Gasteiger partial charge in [-0.3, -0.25) is 10.2 Å². The van der Waals surface area contributed by atoms with Gasteiger partial charge in [-0.25, -0.2) is 5.84 Å². The molecule has 0 aliphatic carbocycles. The summed E-state index contributed by atoms with van der Waals surface area (Å²) in [6.45, 7) is 0.247. The van der Waals surface area contributed by atoms with Crippen molar-refractivity contribution in [2.45, 2.75) is 6.54 Å². The number of hydrogen-bond acceptors (Lipinski definition) is 5. The Morgan fingerprint density at radius 2 is 2.11 bits per heavy atom. The Hall–Kier alpha value is -2.74. The first-order valence-corrected chi connectivity index (χ1v) is 5.39. The lowest BCUT2D eigenvalue weighted by molar-refractivity contribution is -0.389. The number of rotatable bonds is 4. The number of carbonyl (C=O) groups is 1. The molecule has 1 heterocycles. The molecule has 8 nitrogen and oxygen atoms in total. The number of nitro groups is 1. The number of carbonyl (C=O) groups excluding carboxylic acids is 1. The van der Waals surface area contributed by atoms with Crippen molar-refractivity contribution in [1.82, 2.24) is 15.2 Å². The summed E-state index contributed by atoms with van der Waals surface area (Å²) >= 11 is 0. The Kier molecular flexibility index (Phi) is 3.53. The minimum atomic E-state index is -0.658. The van der Waals surface area contributed by atoms with Crippen LogP contribution >= 0.6 is 0 Å². The third kappa shape index (κ3) is 2.75. The molecule has 1 aromatic carbocycles. The number of nitrogens with zero attached hydrogens (tertiary/aromatic N) is 3. The van der Waals surface area contributed by atoms with E-state index < -0.39 is 16.6 Å². The van der Waals surface area contributed by atoms with Crippen molar-refractivity contribution in [3.63, 3.8) is 0 Å². The van der Waals surface area contributed by atoms with Gasteiger partial charge in [-0.2, -0.15) is 4.68 Å². The topological polar surface area (TPSA) is 116 Å². The minimum Gasteiger partial charge on any atom is -0.358 e. The zero-order valence-electron chi connectivity index (χ0n) is 9.81. The number of aromatic nitrogens is 2. The molecule has 0 aliphatic heterocycles. The van der Waals surface area contributed by atoms with E-state index in [2.05, 4.69) is 5.10 Å². The Labute approximate surface area is 108 Å². The molecule has 8 heteroatoms. The van der Waals surface area contributed by atoms with E-state index in [1.165, 1.54) is 4.68 Å². The van der Waals surface area contributed by atoms with Crippen molar-refractivity contribution in [1.29, 1.82) is 0 Å². The molecule has 0 saturated carbocycles. The summed E-state index contributed by atoms with van der Waals surface area (Å²) in [6.07, 6.45) is 0. The molecule has 0 aliphatic rings. The molecule has 0 radical (unpaired) electrons. The normalized spacial score (nSPS) is 10.2. The molecule has 19 heavy (non-hydrogen) atoms. The molecule has 2 aromatic rings. The van der Waals surface area contributed by atoms with Gasteiger partial charge in [0.1, 0.15) is 0 Å². The summed E-state index contributed by atoms with van der Waals surface area (Å²) in [7, 11) is 0. The van der Waals surface area contributed by atoms with Gasteiger partial charge >= 0.3 is 5.82 Å². The fraction of sp³-hybridized carbons (Fsp3) is 0.0909. The van der Waals surface area contributed by atoms with Gasteiger partial charge in [-0.15, -0.1) is 0 Å². The van der Waals surface area contributed by atoms with Crippen LogP contribution in [0.4, 0.5) is 5.82 Å². The molecule has 1 aromatic heterocycles. The van der Waals surface area contributed by atoms with Crippen LogP contribution in [0.15, 0.2) is 36.4 Å². The minimum absolute atomic E-state index is 0.0399. The van der Waals surface area contributed by atoms with Crippen LogP contribution in [0.5, 0.6) is 0 Å².